The van der Waals surface area contributed by atoms with Gasteiger partial charge in [-0.3, -0.25) is 14.7 Å². The molecule has 2 amide bonds. The van der Waals surface area contributed by atoms with Crippen molar-refractivity contribution in [3.8, 4) is 0 Å². The van der Waals surface area contributed by atoms with E-state index in [4.69, 9.17) is 4.74 Å². The highest BCUT2D eigenvalue weighted by atomic mass is 16.6. The number of β-amino-alcohol motifs (C(OH)–C–C–N with tert-alkyl or cyclic N) is 1. The number of nitrogens with one attached hydrogen (secondary N) is 1. The minimum Gasteiger partial charge on any atom is -0.444 e. The smallest absolute Gasteiger partial charge is 0.411 e. The summed E-state index contributed by atoms with van der Waals surface area (Å²) in [5, 5.41) is 12.8. The number of carbonyl (C=O) groups is 2. The largest absolute Gasteiger partial charge is 0.444 e. The Morgan fingerprint density at radius 1 is 1.44 bits per heavy atom. The van der Waals surface area contributed by atoms with Crippen LogP contribution >= 0.6 is 0 Å². The van der Waals surface area contributed by atoms with Gasteiger partial charge in [0.1, 0.15) is 11.1 Å². The molecule has 25 heavy (non-hydrogen) atoms. The zero-order chi connectivity index (χ0) is 18.7. The number of carbonyl (C=O) groups excluding carboxylic acids is 2. The summed E-state index contributed by atoms with van der Waals surface area (Å²) in [6.07, 6.45) is 1.14. The number of ether oxygens (including phenoxy) is 1. The van der Waals surface area contributed by atoms with Gasteiger partial charge in [0.05, 0.1) is 12.6 Å². The molecular formula is C18H27N3O4. The molecular weight excluding hydrogens is 322 g/mol. The first-order chi connectivity index (χ1) is 11.6. The molecule has 0 saturated carbocycles. The molecule has 1 fully saturated rings. The number of rotatable bonds is 4. The lowest BCUT2D eigenvalue weighted by atomic mass is 9.97. The first kappa shape index (κ1) is 19.2. The van der Waals surface area contributed by atoms with E-state index in [1.165, 1.54) is 4.90 Å². The van der Waals surface area contributed by atoms with Crippen LogP contribution in [0.15, 0.2) is 24.4 Å². The van der Waals surface area contributed by atoms with Crippen molar-refractivity contribution in [1.82, 2.24) is 15.2 Å². The van der Waals surface area contributed by atoms with Crippen molar-refractivity contribution < 1.29 is 19.4 Å². The van der Waals surface area contributed by atoms with Crippen LogP contribution in [0.3, 0.4) is 0 Å². The Kier molecular flexibility index (Phi) is 5.67. The van der Waals surface area contributed by atoms with E-state index in [-0.39, 0.29) is 18.9 Å². The number of hydrogen-bond acceptors (Lipinski definition) is 5. The van der Waals surface area contributed by atoms with E-state index in [2.05, 4.69) is 10.3 Å². The number of amides is 2. The second kappa shape index (κ2) is 7.39. The van der Waals surface area contributed by atoms with Crippen LogP contribution in [-0.2, 0) is 16.0 Å². The fourth-order valence-corrected chi connectivity index (χ4v) is 2.89. The summed E-state index contributed by atoms with van der Waals surface area (Å²) in [6.45, 7) is 7.44. The number of hydrogen-bond donors (Lipinski definition) is 2. The molecule has 0 aliphatic carbocycles. The molecule has 2 N–H and O–H groups in total. The summed E-state index contributed by atoms with van der Waals surface area (Å²) >= 11 is 0. The molecule has 1 saturated heterocycles. The van der Waals surface area contributed by atoms with Gasteiger partial charge in [-0.1, -0.05) is 6.07 Å². The van der Waals surface area contributed by atoms with Gasteiger partial charge in [-0.15, -0.1) is 0 Å². The van der Waals surface area contributed by atoms with Gasteiger partial charge in [0.15, 0.2) is 0 Å². The zero-order valence-corrected chi connectivity index (χ0v) is 15.3. The Balaban J connectivity index is 2.00. The summed E-state index contributed by atoms with van der Waals surface area (Å²) in [4.78, 5) is 30.6. The lowest BCUT2D eigenvalue weighted by Crippen LogP contribution is -2.56. The van der Waals surface area contributed by atoms with Crippen LogP contribution in [0, 0.1) is 0 Å². The second-order valence-electron chi connectivity index (χ2n) is 7.55. The van der Waals surface area contributed by atoms with E-state index >= 15 is 0 Å². The first-order valence-corrected chi connectivity index (χ1v) is 8.49. The van der Waals surface area contributed by atoms with Crippen molar-refractivity contribution in [2.75, 3.05) is 13.1 Å². The Labute approximate surface area is 148 Å². The third-order valence-corrected chi connectivity index (χ3v) is 4.12. The minimum atomic E-state index is -1.13. The van der Waals surface area contributed by atoms with Crippen molar-refractivity contribution in [2.24, 2.45) is 0 Å². The molecule has 1 aliphatic rings. The van der Waals surface area contributed by atoms with E-state index in [0.29, 0.717) is 13.0 Å². The fourth-order valence-electron chi connectivity index (χ4n) is 2.89. The quantitative estimate of drug-likeness (QED) is 0.859. The Hall–Kier alpha value is -2.15. The van der Waals surface area contributed by atoms with Crippen molar-refractivity contribution in [2.45, 2.75) is 57.8 Å². The Bertz CT molecular complexity index is 614. The highest BCUT2D eigenvalue weighted by Crippen LogP contribution is 2.31. The van der Waals surface area contributed by atoms with Gasteiger partial charge >= 0.3 is 6.09 Å². The van der Waals surface area contributed by atoms with Crippen molar-refractivity contribution in [3.05, 3.63) is 30.1 Å². The molecule has 2 unspecified atom stereocenters. The van der Waals surface area contributed by atoms with Gasteiger partial charge < -0.3 is 15.2 Å². The fraction of sp³-hybridized carbons (Fsp3) is 0.611. The predicted molar refractivity (Wildman–Crippen MR) is 92.9 cm³/mol. The minimum absolute atomic E-state index is 0.0824. The van der Waals surface area contributed by atoms with Crippen LogP contribution in [0.4, 0.5) is 4.79 Å². The molecule has 0 radical (unpaired) electrons. The third-order valence-electron chi connectivity index (χ3n) is 4.12. The Morgan fingerprint density at radius 3 is 2.76 bits per heavy atom. The van der Waals surface area contributed by atoms with E-state index < -0.39 is 23.3 Å². The molecule has 0 spiro atoms. The van der Waals surface area contributed by atoms with Crippen LogP contribution in [0.2, 0.25) is 0 Å². The van der Waals surface area contributed by atoms with Crippen LogP contribution in [0.25, 0.3) is 0 Å². The normalized spacial score (nSPS) is 23.4. The van der Waals surface area contributed by atoms with E-state index in [1.807, 2.05) is 18.2 Å². The summed E-state index contributed by atoms with van der Waals surface area (Å²) in [6, 6.07) is 5.62. The van der Waals surface area contributed by atoms with Gasteiger partial charge in [-0.05, 0) is 39.8 Å². The topological polar surface area (TPSA) is 91.8 Å². The molecule has 2 atom stereocenters. The predicted octanol–water partition coefficient (Wildman–Crippen LogP) is 1.50. The van der Waals surface area contributed by atoms with E-state index in [0.717, 1.165) is 5.69 Å². The molecule has 0 aromatic carbocycles. The van der Waals surface area contributed by atoms with Crippen LogP contribution in [0.1, 0.15) is 39.8 Å². The molecule has 1 aromatic rings. The van der Waals surface area contributed by atoms with E-state index in [1.54, 1.807) is 33.9 Å². The molecule has 7 heteroatoms. The number of likely N-dealkylation sites (tertiary alicyclic amines) is 1. The van der Waals surface area contributed by atoms with Crippen molar-refractivity contribution >= 4 is 12.0 Å². The van der Waals surface area contributed by atoms with Crippen LogP contribution in [0.5, 0.6) is 0 Å². The SMILES string of the molecule is CC(C)(C)OC(=O)N1CC(O)CC1(C)C(=O)NCCc1ccccn1. The average molecular weight is 349 g/mol. The van der Waals surface area contributed by atoms with Gasteiger partial charge in [0.2, 0.25) is 5.91 Å². The second-order valence-corrected chi connectivity index (χ2v) is 7.55. The maximum absolute atomic E-state index is 12.7. The van der Waals surface area contributed by atoms with Gasteiger partial charge in [-0.25, -0.2) is 4.79 Å². The first-order valence-electron chi connectivity index (χ1n) is 8.49. The maximum Gasteiger partial charge on any atom is 0.411 e. The molecule has 2 rings (SSSR count). The molecule has 1 aliphatic heterocycles. The third kappa shape index (κ3) is 4.92. The van der Waals surface area contributed by atoms with Crippen molar-refractivity contribution in [1.29, 1.82) is 0 Å². The van der Waals surface area contributed by atoms with Gasteiger partial charge in [0, 0.05) is 31.3 Å². The number of aliphatic hydroxyl groups is 1. The van der Waals surface area contributed by atoms with Gasteiger partial charge in [0.25, 0.3) is 0 Å². The highest BCUT2D eigenvalue weighted by molar-refractivity contribution is 5.90. The Morgan fingerprint density at radius 2 is 2.16 bits per heavy atom. The number of aliphatic hydroxyl groups excluding tert-OH is 1. The molecule has 0 bridgehead atoms. The lowest BCUT2D eigenvalue weighted by molar-refractivity contribution is -0.130. The molecule has 2 heterocycles. The standard InChI is InChI=1S/C18H27N3O4/c1-17(2,3)25-16(24)21-12-14(22)11-18(21,4)15(23)20-10-8-13-7-5-6-9-19-13/h5-7,9,14,22H,8,10-12H2,1-4H3,(H,20,23). The molecule has 1 aromatic heterocycles. The number of aromatic nitrogens is 1. The van der Waals surface area contributed by atoms with E-state index in [9.17, 15) is 14.7 Å². The lowest BCUT2D eigenvalue weighted by Gasteiger charge is -2.34. The number of nitrogens with zero attached hydrogens (tertiary/aromatic N) is 2. The van der Waals surface area contributed by atoms with Crippen LogP contribution < -0.4 is 5.32 Å². The monoisotopic (exact) mass is 349 g/mol. The summed E-state index contributed by atoms with van der Waals surface area (Å²) < 4.78 is 5.38. The molecule has 7 nitrogen and oxygen atoms in total. The van der Waals surface area contributed by atoms with Gasteiger partial charge in [-0.2, -0.15) is 0 Å². The average Bonchev–Trinajstić information content (AvgIpc) is 2.83. The number of pyridine rings is 1. The van der Waals surface area contributed by atoms with Crippen LogP contribution in [-0.4, -0.2) is 57.3 Å². The summed E-state index contributed by atoms with van der Waals surface area (Å²) in [5.41, 5.74) is -0.921. The molecule has 138 valence electrons. The highest BCUT2D eigenvalue weighted by Gasteiger charge is 2.50. The zero-order valence-electron chi connectivity index (χ0n) is 15.3. The maximum atomic E-state index is 12.7. The summed E-state index contributed by atoms with van der Waals surface area (Å²) in [7, 11) is 0. The summed E-state index contributed by atoms with van der Waals surface area (Å²) in [5.74, 6) is -0.300. The van der Waals surface area contributed by atoms with Crippen molar-refractivity contribution in [3.63, 3.8) is 0 Å².